The van der Waals surface area contributed by atoms with E-state index in [-0.39, 0.29) is 5.54 Å². The molecule has 0 saturated carbocycles. The summed E-state index contributed by atoms with van der Waals surface area (Å²) < 4.78 is 23.7. The second-order valence-electron chi connectivity index (χ2n) is 5.24. The summed E-state index contributed by atoms with van der Waals surface area (Å²) in [6.07, 6.45) is 2.87. The van der Waals surface area contributed by atoms with Gasteiger partial charge in [-0.05, 0) is 26.0 Å². The Bertz CT molecular complexity index is 540. The summed E-state index contributed by atoms with van der Waals surface area (Å²) in [5, 5.41) is 3.31. The van der Waals surface area contributed by atoms with Gasteiger partial charge in [-0.2, -0.15) is 0 Å². The zero-order valence-corrected chi connectivity index (χ0v) is 11.8. The first-order valence-corrected chi connectivity index (χ1v) is 7.85. The number of aromatic nitrogens is 1. The van der Waals surface area contributed by atoms with Crippen LogP contribution in [0.2, 0.25) is 0 Å². The Kier molecular flexibility index (Phi) is 3.33. The molecular formula is C12H19N3O2S. The number of hydrogen-bond acceptors (Lipinski definition) is 5. The van der Waals surface area contributed by atoms with Crippen LogP contribution >= 0.6 is 0 Å². The molecule has 0 aromatic carbocycles. The van der Waals surface area contributed by atoms with Crippen LogP contribution in [0.5, 0.6) is 0 Å². The molecule has 0 unspecified atom stereocenters. The lowest BCUT2D eigenvalue weighted by atomic mass is 10.0. The van der Waals surface area contributed by atoms with Crippen LogP contribution in [0.25, 0.3) is 0 Å². The van der Waals surface area contributed by atoms with Gasteiger partial charge in [-0.3, -0.25) is 0 Å². The lowest BCUT2D eigenvalue weighted by Crippen LogP contribution is -2.58. The van der Waals surface area contributed by atoms with Crippen molar-refractivity contribution in [2.75, 3.05) is 30.8 Å². The predicted octanol–water partition coefficient (Wildman–Crippen LogP) is 0.673. The average molecular weight is 269 g/mol. The highest BCUT2D eigenvalue weighted by atomic mass is 32.2. The minimum atomic E-state index is -3.26. The summed E-state index contributed by atoms with van der Waals surface area (Å²) in [7, 11) is -3.26. The molecule has 0 bridgehead atoms. The predicted molar refractivity (Wildman–Crippen MR) is 71.6 cm³/mol. The molecule has 0 atom stereocenters. The minimum absolute atomic E-state index is 0.147. The number of anilines is 1. The van der Waals surface area contributed by atoms with Gasteiger partial charge < -0.3 is 10.2 Å². The van der Waals surface area contributed by atoms with Gasteiger partial charge in [0.2, 0.25) is 0 Å². The second-order valence-corrected chi connectivity index (χ2v) is 7.22. The number of nitrogens with zero attached hydrogens (tertiary/aromatic N) is 2. The molecule has 100 valence electrons. The highest BCUT2D eigenvalue weighted by Gasteiger charge is 2.33. The molecule has 1 aliphatic heterocycles. The second kappa shape index (κ2) is 4.51. The third-order valence-electron chi connectivity index (χ3n) is 3.21. The molecule has 1 N–H and O–H groups in total. The van der Waals surface area contributed by atoms with Crippen LogP contribution in [-0.2, 0) is 9.84 Å². The van der Waals surface area contributed by atoms with Crippen LogP contribution in [-0.4, -0.2) is 44.8 Å². The van der Waals surface area contributed by atoms with Crippen molar-refractivity contribution >= 4 is 15.7 Å². The van der Waals surface area contributed by atoms with Crippen LogP contribution < -0.4 is 10.2 Å². The van der Waals surface area contributed by atoms with E-state index in [9.17, 15) is 8.42 Å². The Labute approximate surface area is 108 Å². The Morgan fingerprint density at radius 2 is 2.17 bits per heavy atom. The zero-order chi connectivity index (χ0) is 13.4. The lowest BCUT2D eigenvalue weighted by Gasteiger charge is -2.44. The Hall–Kier alpha value is -1.14. The fraction of sp³-hybridized carbons (Fsp3) is 0.583. The van der Waals surface area contributed by atoms with Crippen LogP contribution in [0.4, 0.5) is 5.82 Å². The van der Waals surface area contributed by atoms with E-state index in [1.165, 1.54) is 6.26 Å². The van der Waals surface area contributed by atoms with E-state index < -0.39 is 9.84 Å². The molecule has 5 nitrogen and oxygen atoms in total. The molecule has 1 aromatic heterocycles. The van der Waals surface area contributed by atoms with Gasteiger partial charge in [-0.25, -0.2) is 13.4 Å². The van der Waals surface area contributed by atoms with Crippen molar-refractivity contribution in [2.45, 2.75) is 24.3 Å². The number of pyridine rings is 1. The smallest absolute Gasteiger partial charge is 0.179 e. The number of piperazine rings is 1. The first-order chi connectivity index (χ1) is 8.32. The van der Waals surface area contributed by atoms with E-state index in [2.05, 4.69) is 29.0 Å². The Morgan fingerprint density at radius 3 is 2.78 bits per heavy atom. The molecule has 0 amide bonds. The fourth-order valence-electron chi connectivity index (χ4n) is 2.25. The summed E-state index contributed by atoms with van der Waals surface area (Å²) >= 11 is 0. The fourth-order valence-corrected chi connectivity index (χ4v) is 3.07. The lowest BCUT2D eigenvalue weighted by molar-refractivity contribution is 0.376. The number of nitrogens with one attached hydrogen (secondary N) is 1. The third-order valence-corrected chi connectivity index (χ3v) is 4.32. The summed E-state index contributed by atoms with van der Waals surface area (Å²) in [5.74, 6) is 0.562. The van der Waals surface area contributed by atoms with E-state index in [1.807, 2.05) is 0 Å². The van der Waals surface area contributed by atoms with Gasteiger partial charge in [0.05, 0.1) is 0 Å². The SMILES string of the molecule is CC1(C)CNCCN1c1ncccc1S(C)(=O)=O. The van der Waals surface area contributed by atoms with E-state index in [0.29, 0.717) is 10.7 Å². The van der Waals surface area contributed by atoms with Crippen molar-refractivity contribution in [3.05, 3.63) is 18.3 Å². The standard InChI is InChI=1S/C12H19N3O2S/c1-12(2)9-13-7-8-15(12)11-10(18(3,16)17)5-4-6-14-11/h4-6,13H,7-9H2,1-3H3. The average Bonchev–Trinajstić information content (AvgIpc) is 2.27. The summed E-state index contributed by atoms with van der Waals surface area (Å²) in [6, 6.07) is 3.28. The number of rotatable bonds is 2. The molecular weight excluding hydrogens is 250 g/mol. The van der Waals surface area contributed by atoms with Gasteiger partial charge in [0.25, 0.3) is 0 Å². The largest absolute Gasteiger partial charge is 0.348 e. The van der Waals surface area contributed by atoms with Gasteiger partial charge in [0.15, 0.2) is 9.84 Å². The highest BCUT2D eigenvalue weighted by molar-refractivity contribution is 7.90. The van der Waals surface area contributed by atoms with Crippen LogP contribution in [0.1, 0.15) is 13.8 Å². The van der Waals surface area contributed by atoms with Crippen molar-refractivity contribution in [3.8, 4) is 0 Å². The van der Waals surface area contributed by atoms with Crippen molar-refractivity contribution < 1.29 is 8.42 Å². The molecule has 2 heterocycles. The van der Waals surface area contributed by atoms with Crippen LogP contribution in [0.15, 0.2) is 23.2 Å². The van der Waals surface area contributed by atoms with Crippen molar-refractivity contribution in [2.24, 2.45) is 0 Å². The van der Waals surface area contributed by atoms with Crippen LogP contribution in [0, 0.1) is 0 Å². The molecule has 1 aromatic rings. The monoisotopic (exact) mass is 269 g/mol. The molecule has 0 aliphatic carbocycles. The normalized spacial score (nSPS) is 19.8. The topological polar surface area (TPSA) is 62.3 Å². The third kappa shape index (κ3) is 2.49. The number of sulfone groups is 1. The molecule has 0 radical (unpaired) electrons. The maximum Gasteiger partial charge on any atom is 0.179 e. The van der Waals surface area contributed by atoms with E-state index in [1.54, 1.807) is 18.3 Å². The zero-order valence-electron chi connectivity index (χ0n) is 11.0. The van der Waals surface area contributed by atoms with E-state index in [4.69, 9.17) is 0 Å². The molecule has 6 heteroatoms. The highest BCUT2D eigenvalue weighted by Crippen LogP contribution is 2.29. The Balaban J connectivity index is 2.51. The summed E-state index contributed by atoms with van der Waals surface area (Å²) in [5.41, 5.74) is -0.147. The van der Waals surface area contributed by atoms with Gasteiger partial charge in [0.1, 0.15) is 10.7 Å². The maximum atomic E-state index is 11.8. The molecule has 1 saturated heterocycles. The summed E-state index contributed by atoms with van der Waals surface area (Å²) in [6.45, 7) is 6.57. The molecule has 1 fully saturated rings. The van der Waals surface area contributed by atoms with E-state index in [0.717, 1.165) is 19.6 Å². The molecule has 1 aliphatic rings. The van der Waals surface area contributed by atoms with Crippen LogP contribution in [0.3, 0.4) is 0 Å². The summed E-state index contributed by atoms with van der Waals surface area (Å²) in [4.78, 5) is 6.66. The Morgan fingerprint density at radius 1 is 1.44 bits per heavy atom. The van der Waals surface area contributed by atoms with Crippen molar-refractivity contribution in [1.82, 2.24) is 10.3 Å². The number of hydrogen-bond donors (Lipinski definition) is 1. The first-order valence-electron chi connectivity index (χ1n) is 5.96. The molecule has 18 heavy (non-hydrogen) atoms. The van der Waals surface area contributed by atoms with Crippen molar-refractivity contribution in [1.29, 1.82) is 0 Å². The van der Waals surface area contributed by atoms with Gasteiger partial charge in [0, 0.05) is 37.6 Å². The molecule has 0 spiro atoms. The maximum absolute atomic E-state index is 11.8. The minimum Gasteiger partial charge on any atom is -0.348 e. The first kappa shape index (κ1) is 13.3. The van der Waals surface area contributed by atoms with Crippen molar-refractivity contribution in [3.63, 3.8) is 0 Å². The van der Waals surface area contributed by atoms with Gasteiger partial charge >= 0.3 is 0 Å². The molecule has 2 rings (SSSR count). The van der Waals surface area contributed by atoms with Gasteiger partial charge in [-0.15, -0.1) is 0 Å². The van der Waals surface area contributed by atoms with Gasteiger partial charge in [-0.1, -0.05) is 0 Å². The quantitative estimate of drug-likeness (QED) is 0.855. The van der Waals surface area contributed by atoms with E-state index >= 15 is 0 Å².